The van der Waals surface area contributed by atoms with E-state index >= 15 is 0 Å². The fourth-order valence-corrected chi connectivity index (χ4v) is 4.53. The quantitative estimate of drug-likeness (QED) is 0.895. The van der Waals surface area contributed by atoms with Gasteiger partial charge in [-0.1, -0.05) is 56.3 Å². The molecule has 0 bridgehead atoms. The summed E-state index contributed by atoms with van der Waals surface area (Å²) < 4.78 is 28.5. The van der Waals surface area contributed by atoms with Gasteiger partial charge in [0.2, 0.25) is 10.0 Å². The minimum Gasteiger partial charge on any atom is -0.207 e. The number of hydrogen-bond donors (Lipinski definition) is 1. The highest BCUT2D eigenvalue weighted by Crippen LogP contribution is 2.42. The molecule has 1 aliphatic rings. The summed E-state index contributed by atoms with van der Waals surface area (Å²) in [5.74, 6) is 0.391. The highest BCUT2D eigenvalue weighted by atomic mass is 32.2. The zero-order valence-corrected chi connectivity index (χ0v) is 14.4. The third kappa shape index (κ3) is 3.19. The van der Waals surface area contributed by atoms with E-state index in [0.717, 1.165) is 30.4 Å². The summed E-state index contributed by atoms with van der Waals surface area (Å²) in [5.41, 5.74) is 1.75. The van der Waals surface area contributed by atoms with E-state index in [1.807, 2.05) is 42.5 Å². The molecule has 0 amide bonds. The van der Waals surface area contributed by atoms with Crippen molar-refractivity contribution < 1.29 is 8.42 Å². The lowest BCUT2D eigenvalue weighted by Crippen LogP contribution is -2.50. The average Bonchev–Trinajstić information content (AvgIpc) is 2.52. The predicted molar refractivity (Wildman–Crippen MR) is 92.8 cm³/mol. The van der Waals surface area contributed by atoms with E-state index < -0.39 is 15.6 Å². The summed E-state index contributed by atoms with van der Waals surface area (Å²) in [6.45, 7) is 4.20. The minimum absolute atomic E-state index is 0.337. The van der Waals surface area contributed by atoms with Gasteiger partial charge in [-0.2, -0.15) is 0 Å². The first-order valence-electron chi connectivity index (χ1n) is 8.12. The molecule has 1 aliphatic carbocycles. The SMILES string of the molecule is CC(C)c1ccc(S(=O)(=O)NC2(c3ccccc3)CCC2)cc1. The van der Waals surface area contributed by atoms with Crippen molar-refractivity contribution in [1.29, 1.82) is 0 Å². The molecule has 0 unspecified atom stereocenters. The number of rotatable bonds is 5. The van der Waals surface area contributed by atoms with Gasteiger partial charge in [-0.25, -0.2) is 13.1 Å². The van der Waals surface area contributed by atoms with E-state index in [1.165, 1.54) is 0 Å². The van der Waals surface area contributed by atoms with Crippen LogP contribution in [-0.2, 0) is 15.6 Å². The lowest BCUT2D eigenvalue weighted by molar-refractivity contribution is 0.224. The largest absolute Gasteiger partial charge is 0.241 e. The molecule has 4 heteroatoms. The Bertz CT molecular complexity index is 761. The van der Waals surface area contributed by atoms with Gasteiger partial charge >= 0.3 is 0 Å². The molecule has 0 aliphatic heterocycles. The molecule has 23 heavy (non-hydrogen) atoms. The van der Waals surface area contributed by atoms with Crippen molar-refractivity contribution in [3.8, 4) is 0 Å². The normalized spacial score (nSPS) is 17.0. The fourth-order valence-electron chi connectivity index (χ4n) is 3.09. The van der Waals surface area contributed by atoms with Crippen LogP contribution in [0.3, 0.4) is 0 Å². The second kappa shape index (κ2) is 6.10. The van der Waals surface area contributed by atoms with Crippen LogP contribution >= 0.6 is 0 Å². The molecule has 1 N–H and O–H groups in total. The first-order valence-corrected chi connectivity index (χ1v) is 9.61. The maximum Gasteiger partial charge on any atom is 0.241 e. The third-order valence-electron chi connectivity index (χ3n) is 4.72. The van der Waals surface area contributed by atoms with Crippen LogP contribution in [0.4, 0.5) is 0 Å². The van der Waals surface area contributed by atoms with E-state index in [1.54, 1.807) is 12.1 Å². The molecule has 2 aromatic rings. The summed E-state index contributed by atoms with van der Waals surface area (Å²) in [6.07, 6.45) is 2.74. The lowest BCUT2D eigenvalue weighted by Gasteiger charge is -2.42. The molecule has 0 aromatic heterocycles. The van der Waals surface area contributed by atoms with Crippen molar-refractivity contribution in [3.05, 3.63) is 65.7 Å². The average molecular weight is 329 g/mol. The molecule has 3 nitrogen and oxygen atoms in total. The number of benzene rings is 2. The topological polar surface area (TPSA) is 46.2 Å². The van der Waals surface area contributed by atoms with Crippen molar-refractivity contribution in [1.82, 2.24) is 4.72 Å². The van der Waals surface area contributed by atoms with Gasteiger partial charge in [0.15, 0.2) is 0 Å². The van der Waals surface area contributed by atoms with Gasteiger partial charge in [-0.05, 0) is 48.4 Å². The smallest absolute Gasteiger partial charge is 0.207 e. The van der Waals surface area contributed by atoms with Gasteiger partial charge < -0.3 is 0 Å². The fraction of sp³-hybridized carbons (Fsp3) is 0.368. The molecular weight excluding hydrogens is 306 g/mol. The third-order valence-corrected chi connectivity index (χ3v) is 6.27. The van der Waals surface area contributed by atoms with Crippen molar-refractivity contribution in [2.24, 2.45) is 0 Å². The lowest BCUT2D eigenvalue weighted by atomic mass is 9.73. The molecule has 3 rings (SSSR count). The zero-order chi connectivity index (χ0) is 16.5. The predicted octanol–water partition coefficient (Wildman–Crippen LogP) is 4.17. The van der Waals surface area contributed by atoms with E-state index in [2.05, 4.69) is 18.6 Å². The standard InChI is InChI=1S/C19H23NO2S/c1-15(2)16-9-11-18(12-10-16)23(21,22)20-19(13-6-14-19)17-7-4-3-5-8-17/h3-5,7-12,15,20H,6,13-14H2,1-2H3. The van der Waals surface area contributed by atoms with Gasteiger partial charge in [0.1, 0.15) is 0 Å². The van der Waals surface area contributed by atoms with Crippen LogP contribution < -0.4 is 4.72 Å². The highest BCUT2D eigenvalue weighted by molar-refractivity contribution is 7.89. The second-order valence-electron chi connectivity index (χ2n) is 6.63. The molecule has 122 valence electrons. The van der Waals surface area contributed by atoms with Crippen molar-refractivity contribution in [2.75, 3.05) is 0 Å². The summed E-state index contributed by atoms with van der Waals surface area (Å²) in [5, 5.41) is 0. The van der Waals surface area contributed by atoms with Crippen molar-refractivity contribution in [2.45, 2.75) is 49.5 Å². The Balaban J connectivity index is 1.88. The van der Waals surface area contributed by atoms with E-state index in [9.17, 15) is 8.42 Å². The second-order valence-corrected chi connectivity index (χ2v) is 8.31. The Morgan fingerprint density at radius 3 is 2.04 bits per heavy atom. The Kier molecular flexibility index (Phi) is 4.30. The number of nitrogens with one attached hydrogen (secondary N) is 1. The number of hydrogen-bond acceptors (Lipinski definition) is 2. The monoisotopic (exact) mass is 329 g/mol. The summed E-state index contributed by atoms with van der Waals surface area (Å²) >= 11 is 0. The van der Waals surface area contributed by atoms with Crippen LogP contribution in [0.5, 0.6) is 0 Å². The van der Waals surface area contributed by atoms with Crippen LogP contribution in [0.2, 0.25) is 0 Å². The Morgan fingerprint density at radius 1 is 0.957 bits per heavy atom. The minimum atomic E-state index is -3.52. The Hall–Kier alpha value is -1.65. The van der Waals surface area contributed by atoms with Gasteiger partial charge in [0.25, 0.3) is 0 Å². The first kappa shape index (κ1) is 16.2. The molecule has 0 atom stereocenters. The number of sulfonamides is 1. The van der Waals surface area contributed by atoms with E-state index in [4.69, 9.17) is 0 Å². The molecule has 0 saturated heterocycles. The molecule has 0 radical (unpaired) electrons. The van der Waals surface area contributed by atoms with Gasteiger partial charge in [0.05, 0.1) is 10.4 Å². The van der Waals surface area contributed by atoms with Gasteiger partial charge in [0, 0.05) is 0 Å². The van der Waals surface area contributed by atoms with Crippen LogP contribution in [0.15, 0.2) is 59.5 Å². The van der Waals surface area contributed by atoms with Crippen molar-refractivity contribution >= 4 is 10.0 Å². The summed E-state index contributed by atoms with van der Waals surface area (Å²) in [6, 6.07) is 17.1. The van der Waals surface area contributed by atoms with E-state index in [0.29, 0.717) is 10.8 Å². The van der Waals surface area contributed by atoms with Crippen LogP contribution in [0, 0.1) is 0 Å². The van der Waals surface area contributed by atoms with Gasteiger partial charge in [-0.3, -0.25) is 0 Å². The maximum atomic E-state index is 12.8. The maximum absolute atomic E-state index is 12.8. The molecule has 2 aromatic carbocycles. The Labute approximate surface area is 138 Å². The zero-order valence-electron chi connectivity index (χ0n) is 13.6. The van der Waals surface area contributed by atoms with Crippen molar-refractivity contribution in [3.63, 3.8) is 0 Å². The van der Waals surface area contributed by atoms with Crippen LogP contribution in [0.1, 0.15) is 50.2 Å². The molecular formula is C19H23NO2S. The molecule has 1 saturated carbocycles. The summed E-state index contributed by atoms with van der Waals surface area (Å²) in [7, 11) is -3.52. The molecule has 0 heterocycles. The molecule has 0 spiro atoms. The van der Waals surface area contributed by atoms with E-state index in [-0.39, 0.29) is 0 Å². The highest BCUT2D eigenvalue weighted by Gasteiger charge is 2.42. The summed E-state index contributed by atoms with van der Waals surface area (Å²) in [4.78, 5) is 0.337. The first-order chi connectivity index (χ1) is 10.9. The van der Waals surface area contributed by atoms with Gasteiger partial charge in [-0.15, -0.1) is 0 Å². The van der Waals surface area contributed by atoms with Crippen LogP contribution in [-0.4, -0.2) is 8.42 Å². The molecule has 1 fully saturated rings. The Morgan fingerprint density at radius 2 is 1.57 bits per heavy atom. The van der Waals surface area contributed by atoms with Crippen LogP contribution in [0.25, 0.3) is 0 Å².